The van der Waals surface area contributed by atoms with Gasteiger partial charge in [-0.15, -0.1) is 0 Å². The summed E-state index contributed by atoms with van der Waals surface area (Å²) in [4.78, 5) is 4.88. The van der Waals surface area contributed by atoms with Crippen molar-refractivity contribution in [3.63, 3.8) is 0 Å². The van der Waals surface area contributed by atoms with Crippen LogP contribution in [0.25, 0.3) is 0 Å². The maximum absolute atomic E-state index is 6.35. The number of thioether (sulfide) groups is 1. The van der Waals surface area contributed by atoms with Gasteiger partial charge in [0.05, 0.1) is 5.69 Å². The molecular weight excluding hydrogens is 230 g/mol. The van der Waals surface area contributed by atoms with Crippen LogP contribution in [-0.4, -0.2) is 21.1 Å². The molecule has 2 aliphatic rings. The molecule has 0 aromatic carbocycles. The van der Waals surface area contributed by atoms with Gasteiger partial charge in [-0.1, -0.05) is 13.8 Å². The second kappa shape index (κ2) is 4.23. The van der Waals surface area contributed by atoms with Gasteiger partial charge in [0.25, 0.3) is 0 Å². The lowest BCUT2D eigenvalue weighted by atomic mass is 10.1. The van der Waals surface area contributed by atoms with Crippen LogP contribution in [0.4, 0.5) is 5.82 Å². The van der Waals surface area contributed by atoms with Crippen molar-refractivity contribution in [2.75, 3.05) is 17.2 Å². The second-order valence-electron chi connectivity index (χ2n) is 5.56. The van der Waals surface area contributed by atoms with E-state index in [1.165, 1.54) is 42.3 Å². The van der Waals surface area contributed by atoms with Gasteiger partial charge >= 0.3 is 0 Å². The Balaban J connectivity index is 2.01. The lowest BCUT2D eigenvalue weighted by Crippen LogP contribution is -2.07. The molecule has 1 aliphatic heterocycles. The summed E-state index contributed by atoms with van der Waals surface area (Å²) in [7, 11) is 0. The van der Waals surface area contributed by atoms with Crippen LogP contribution in [-0.2, 0) is 0 Å². The van der Waals surface area contributed by atoms with Gasteiger partial charge in [-0.25, -0.2) is 4.98 Å². The third-order valence-corrected chi connectivity index (χ3v) is 4.91. The van der Waals surface area contributed by atoms with E-state index >= 15 is 0 Å². The maximum atomic E-state index is 6.35. The Labute approximate surface area is 107 Å². The fraction of sp³-hybridized carbons (Fsp3) is 0.769. The first-order chi connectivity index (χ1) is 8.18. The van der Waals surface area contributed by atoms with Crippen molar-refractivity contribution in [3.8, 4) is 0 Å². The average Bonchev–Trinajstić information content (AvgIpc) is 2.86. The molecule has 2 fully saturated rings. The average molecular weight is 251 g/mol. The molecule has 94 valence electrons. The van der Waals surface area contributed by atoms with Gasteiger partial charge in [-0.05, 0) is 25.0 Å². The molecule has 2 N–H and O–H groups in total. The standard InChI is InChI=1S/C13H21N3S/c1-8(2)13-15-11(9-5-6-17-7-9)12(14)16(13)10-3-4-10/h8-10H,3-7,14H2,1-2H3. The Kier molecular flexibility index (Phi) is 2.85. The van der Waals surface area contributed by atoms with Crippen molar-refractivity contribution in [1.29, 1.82) is 0 Å². The van der Waals surface area contributed by atoms with Gasteiger partial charge in [0.1, 0.15) is 11.6 Å². The number of anilines is 1. The number of nitrogen functional groups attached to an aromatic ring is 1. The lowest BCUT2D eigenvalue weighted by molar-refractivity contribution is 0.645. The highest BCUT2D eigenvalue weighted by atomic mass is 32.2. The molecule has 1 aromatic rings. The molecule has 0 amide bonds. The van der Waals surface area contributed by atoms with Gasteiger partial charge in [0, 0.05) is 23.6 Å². The van der Waals surface area contributed by atoms with E-state index in [-0.39, 0.29) is 0 Å². The van der Waals surface area contributed by atoms with Crippen molar-refractivity contribution in [2.24, 2.45) is 0 Å². The predicted octanol–water partition coefficient (Wildman–Crippen LogP) is 3.14. The van der Waals surface area contributed by atoms with Crippen LogP contribution in [0.2, 0.25) is 0 Å². The largest absolute Gasteiger partial charge is 0.384 e. The van der Waals surface area contributed by atoms with Crippen molar-refractivity contribution in [3.05, 3.63) is 11.5 Å². The van der Waals surface area contributed by atoms with Crippen molar-refractivity contribution in [2.45, 2.75) is 51.0 Å². The van der Waals surface area contributed by atoms with Gasteiger partial charge in [0.15, 0.2) is 0 Å². The van der Waals surface area contributed by atoms with E-state index in [1.54, 1.807) is 0 Å². The summed E-state index contributed by atoms with van der Waals surface area (Å²) in [6.45, 7) is 4.43. The third-order valence-electron chi connectivity index (χ3n) is 3.75. The minimum absolute atomic E-state index is 0.473. The molecule has 2 heterocycles. The highest BCUT2D eigenvalue weighted by Crippen LogP contribution is 2.43. The van der Waals surface area contributed by atoms with Crippen LogP contribution < -0.4 is 5.73 Å². The van der Waals surface area contributed by atoms with E-state index in [2.05, 4.69) is 18.4 Å². The first-order valence-corrected chi connectivity index (χ1v) is 7.79. The zero-order chi connectivity index (χ0) is 12.0. The molecule has 1 unspecified atom stereocenters. The highest BCUT2D eigenvalue weighted by molar-refractivity contribution is 7.99. The van der Waals surface area contributed by atoms with Crippen molar-refractivity contribution in [1.82, 2.24) is 9.55 Å². The Morgan fingerprint density at radius 2 is 2.12 bits per heavy atom. The quantitative estimate of drug-likeness (QED) is 0.897. The molecule has 1 aliphatic carbocycles. The summed E-state index contributed by atoms with van der Waals surface area (Å²) in [6.07, 6.45) is 3.80. The molecule has 3 nitrogen and oxygen atoms in total. The van der Waals surface area contributed by atoms with E-state index in [0.29, 0.717) is 17.9 Å². The molecule has 0 radical (unpaired) electrons. The molecule has 0 bridgehead atoms. The molecular formula is C13H21N3S. The fourth-order valence-electron chi connectivity index (χ4n) is 2.66. The van der Waals surface area contributed by atoms with Crippen LogP contribution in [0.5, 0.6) is 0 Å². The van der Waals surface area contributed by atoms with E-state index in [0.717, 1.165) is 5.82 Å². The summed E-state index contributed by atoms with van der Waals surface area (Å²) in [5.74, 6) is 5.69. The predicted molar refractivity (Wildman–Crippen MR) is 73.7 cm³/mol. The maximum Gasteiger partial charge on any atom is 0.127 e. The third kappa shape index (κ3) is 1.96. The first-order valence-electron chi connectivity index (χ1n) is 6.63. The molecule has 3 rings (SSSR count). The van der Waals surface area contributed by atoms with E-state index in [4.69, 9.17) is 10.7 Å². The summed E-state index contributed by atoms with van der Waals surface area (Å²) in [6, 6.07) is 0.641. The zero-order valence-corrected chi connectivity index (χ0v) is 11.5. The van der Waals surface area contributed by atoms with Gasteiger partial charge in [0.2, 0.25) is 0 Å². The molecule has 1 atom stereocenters. The topological polar surface area (TPSA) is 43.8 Å². The SMILES string of the molecule is CC(C)c1nc(C2CCSC2)c(N)n1C1CC1. The monoisotopic (exact) mass is 251 g/mol. The molecule has 4 heteroatoms. The van der Waals surface area contributed by atoms with E-state index < -0.39 is 0 Å². The van der Waals surface area contributed by atoms with E-state index in [9.17, 15) is 0 Å². The van der Waals surface area contributed by atoms with Crippen LogP contribution in [0.1, 0.15) is 62.5 Å². The number of imidazole rings is 1. The van der Waals surface area contributed by atoms with Gasteiger partial charge in [-0.3, -0.25) is 0 Å². The smallest absolute Gasteiger partial charge is 0.127 e. The molecule has 1 saturated heterocycles. The number of hydrogen-bond acceptors (Lipinski definition) is 3. The Bertz CT molecular complexity index is 415. The fourth-order valence-corrected chi connectivity index (χ4v) is 3.88. The van der Waals surface area contributed by atoms with Crippen LogP contribution in [0, 0.1) is 0 Å². The number of nitrogens with zero attached hydrogens (tertiary/aromatic N) is 2. The van der Waals surface area contributed by atoms with Crippen molar-refractivity contribution < 1.29 is 0 Å². The Morgan fingerprint density at radius 3 is 2.65 bits per heavy atom. The van der Waals surface area contributed by atoms with Gasteiger partial charge in [-0.2, -0.15) is 11.8 Å². The molecule has 1 aromatic heterocycles. The summed E-state index contributed by atoms with van der Waals surface area (Å²) >= 11 is 2.03. The normalized spacial score (nSPS) is 24.8. The second-order valence-corrected chi connectivity index (χ2v) is 6.71. The summed E-state index contributed by atoms with van der Waals surface area (Å²) in [5.41, 5.74) is 7.54. The summed E-state index contributed by atoms with van der Waals surface area (Å²) < 4.78 is 2.32. The first kappa shape index (κ1) is 11.5. The molecule has 17 heavy (non-hydrogen) atoms. The Morgan fingerprint density at radius 1 is 1.35 bits per heavy atom. The van der Waals surface area contributed by atoms with E-state index in [1.807, 2.05) is 11.8 Å². The number of hydrogen-bond donors (Lipinski definition) is 1. The number of aromatic nitrogens is 2. The zero-order valence-electron chi connectivity index (χ0n) is 10.6. The lowest BCUT2D eigenvalue weighted by Gasteiger charge is -2.10. The minimum Gasteiger partial charge on any atom is -0.384 e. The van der Waals surface area contributed by atoms with Crippen LogP contribution in [0.3, 0.4) is 0 Å². The molecule has 1 saturated carbocycles. The Hall–Kier alpha value is -0.640. The highest BCUT2D eigenvalue weighted by Gasteiger charge is 2.33. The van der Waals surface area contributed by atoms with Crippen LogP contribution in [0.15, 0.2) is 0 Å². The summed E-state index contributed by atoms with van der Waals surface area (Å²) in [5, 5.41) is 0. The number of rotatable bonds is 3. The molecule has 0 spiro atoms. The van der Waals surface area contributed by atoms with Crippen LogP contribution >= 0.6 is 11.8 Å². The number of nitrogens with two attached hydrogens (primary N) is 1. The van der Waals surface area contributed by atoms with Crippen molar-refractivity contribution >= 4 is 17.6 Å². The van der Waals surface area contributed by atoms with Gasteiger partial charge < -0.3 is 10.3 Å². The minimum atomic E-state index is 0.473.